The van der Waals surface area contributed by atoms with Crippen molar-refractivity contribution in [3.63, 3.8) is 0 Å². The van der Waals surface area contributed by atoms with Crippen LogP contribution in [0.5, 0.6) is 0 Å². The Morgan fingerprint density at radius 2 is 1.95 bits per heavy atom. The Balaban J connectivity index is 2.71. The molecule has 3 nitrogen and oxygen atoms in total. The van der Waals surface area contributed by atoms with Gasteiger partial charge in [-0.25, -0.2) is 0 Å². The maximum Gasteiger partial charge on any atom is 0.186 e. The van der Waals surface area contributed by atoms with Crippen molar-refractivity contribution < 1.29 is 0 Å². The second-order valence-electron chi connectivity index (χ2n) is 4.89. The molecule has 0 aliphatic carbocycles. The van der Waals surface area contributed by atoms with E-state index in [1.54, 1.807) is 0 Å². The van der Waals surface area contributed by atoms with Gasteiger partial charge in [0.05, 0.1) is 5.71 Å². The minimum Gasteiger partial charge on any atom is -0.361 e. The third kappa shape index (κ3) is 6.34. The first kappa shape index (κ1) is 15.6. The van der Waals surface area contributed by atoms with Crippen molar-refractivity contribution in [3.8, 4) is 0 Å². The van der Waals surface area contributed by atoms with Crippen LogP contribution in [0.25, 0.3) is 0 Å². The van der Waals surface area contributed by atoms with E-state index in [1.807, 2.05) is 18.2 Å². The molecule has 2 N–H and O–H groups in total. The summed E-state index contributed by atoms with van der Waals surface area (Å²) in [6.45, 7) is 7.34. The summed E-state index contributed by atoms with van der Waals surface area (Å²) in [5, 5.41) is 8.14. The predicted octanol–water partition coefficient (Wildman–Crippen LogP) is 3.31. The SMILES string of the molecule is CCCNC(=S)N/N=C(/CC(C)C)c1ccccc1. The van der Waals surface area contributed by atoms with Gasteiger partial charge in [-0.1, -0.05) is 51.1 Å². The topological polar surface area (TPSA) is 36.4 Å². The summed E-state index contributed by atoms with van der Waals surface area (Å²) in [6.07, 6.45) is 1.97. The molecule has 0 unspecified atom stereocenters. The first-order valence-corrected chi connectivity index (χ1v) is 7.20. The molecule has 0 atom stereocenters. The fourth-order valence-corrected chi connectivity index (χ4v) is 1.79. The normalized spacial score (nSPS) is 11.5. The van der Waals surface area contributed by atoms with Gasteiger partial charge in [-0.2, -0.15) is 5.10 Å². The van der Waals surface area contributed by atoms with Crippen LogP contribution in [0.15, 0.2) is 35.4 Å². The first-order valence-electron chi connectivity index (χ1n) is 6.79. The molecule has 0 aliphatic rings. The van der Waals surface area contributed by atoms with Crippen LogP contribution >= 0.6 is 12.2 Å². The predicted molar refractivity (Wildman–Crippen MR) is 86.5 cm³/mol. The fourth-order valence-electron chi connectivity index (χ4n) is 1.64. The van der Waals surface area contributed by atoms with E-state index in [9.17, 15) is 0 Å². The van der Waals surface area contributed by atoms with Gasteiger partial charge < -0.3 is 5.32 Å². The van der Waals surface area contributed by atoms with Crippen LogP contribution < -0.4 is 10.7 Å². The minimum absolute atomic E-state index is 0.554. The zero-order valence-electron chi connectivity index (χ0n) is 11.9. The standard InChI is InChI=1S/C15H23N3S/c1-4-10-16-15(19)18-17-14(11-12(2)3)13-8-6-5-7-9-13/h5-9,12H,4,10-11H2,1-3H3,(H2,16,18,19)/b17-14-. The Morgan fingerprint density at radius 1 is 1.26 bits per heavy atom. The maximum absolute atomic E-state index is 5.17. The van der Waals surface area contributed by atoms with Crippen LogP contribution in [0, 0.1) is 5.92 Å². The highest BCUT2D eigenvalue weighted by molar-refractivity contribution is 7.80. The van der Waals surface area contributed by atoms with Crippen LogP contribution in [0.3, 0.4) is 0 Å². The molecule has 4 heteroatoms. The summed E-state index contributed by atoms with van der Waals surface area (Å²) in [4.78, 5) is 0. The molecule has 1 aromatic rings. The van der Waals surface area contributed by atoms with Crippen molar-refractivity contribution in [1.29, 1.82) is 0 Å². The Hall–Kier alpha value is -1.42. The van der Waals surface area contributed by atoms with Crippen molar-refractivity contribution in [3.05, 3.63) is 35.9 Å². The molecule has 0 amide bonds. The lowest BCUT2D eigenvalue weighted by molar-refractivity contribution is 0.680. The highest BCUT2D eigenvalue weighted by atomic mass is 32.1. The van der Waals surface area contributed by atoms with Crippen molar-refractivity contribution in [2.75, 3.05) is 6.54 Å². The average molecular weight is 277 g/mol. The number of hydrazone groups is 1. The summed E-state index contributed by atoms with van der Waals surface area (Å²) >= 11 is 5.17. The molecule has 0 aliphatic heterocycles. The van der Waals surface area contributed by atoms with E-state index < -0.39 is 0 Å². The molecule has 0 heterocycles. The molecule has 0 saturated carbocycles. The fraction of sp³-hybridized carbons (Fsp3) is 0.467. The Kier molecular flexibility index (Phi) is 7.11. The molecule has 1 rings (SSSR count). The smallest absolute Gasteiger partial charge is 0.186 e. The van der Waals surface area contributed by atoms with Gasteiger partial charge >= 0.3 is 0 Å². The lowest BCUT2D eigenvalue weighted by Gasteiger charge is -2.11. The number of rotatable bonds is 6. The van der Waals surface area contributed by atoms with Gasteiger partial charge in [0.15, 0.2) is 5.11 Å². The van der Waals surface area contributed by atoms with Gasteiger partial charge in [-0.3, -0.25) is 5.43 Å². The lowest BCUT2D eigenvalue weighted by Crippen LogP contribution is -2.33. The van der Waals surface area contributed by atoms with E-state index >= 15 is 0 Å². The molecule has 0 fully saturated rings. The average Bonchev–Trinajstić information content (AvgIpc) is 2.41. The maximum atomic E-state index is 5.17. The highest BCUT2D eigenvalue weighted by Crippen LogP contribution is 2.09. The third-order valence-corrected chi connectivity index (χ3v) is 2.77. The van der Waals surface area contributed by atoms with Crippen molar-refractivity contribution in [1.82, 2.24) is 10.7 Å². The summed E-state index contributed by atoms with van der Waals surface area (Å²) < 4.78 is 0. The molecular weight excluding hydrogens is 254 g/mol. The van der Waals surface area contributed by atoms with E-state index in [-0.39, 0.29) is 0 Å². The van der Waals surface area contributed by atoms with E-state index in [1.165, 1.54) is 0 Å². The van der Waals surface area contributed by atoms with Gasteiger partial charge in [-0.05, 0) is 36.5 Å². The summed E-state index contributed by atoms with van der Waals surface area (Å²) in [6, 6.07) is 10.2. The van der Waals surface area contributed by atoms with Gasteiger partial charge in [0.2, 0.25) is 0 Å². The number of benzene rings is 1. The molecule has 19 heavy (non-hydrogen) atoms. The zero-order valence-corrected chi connectivity index (χ0v) is 12.8. The number of thiocarbonyl (C=S) groups is 1. The minimum atomic E-state index is 0.554. The molecule has 0 radical (unpaired) electrons. The number of nitrogens with zero attached hydrogens (tertiary/aromatic N) is 1. The van der Waals surface area contributed by atoms with E-state index in [0.29, 0.717) is 11.0 Å². The molecular formula is C15H23N3S. The van der Waals surface area contributed by atoms with Crippen LogP contribution in [-0.2, 0) is 0 Å². The van der Waals surface area contributed by atoms with Crippen molar-refractivity contribution in [2.24, 2.45) is 11.0 Å². The van der Waals surface area contributed by atoms with Gasteiger partial charge in [-0.15, -0.1) is 0 Å². The van der Waals surface area contributed by atoms with E-state index in [4.69, 9.17) is 12.2 Å². The van der Waals surface area contributed by atoms with Crippen LogP contribution in [-0.4, -0.2) is 17.4 Å². The molecule has 0 spiro atoms. The summed E-state index contributed by atoms with van der Waals surface area (Å²) in [7, 11) is 0. The quantitative estimate of drug-likeness (QED) is 0.476. The van der Waals surface area contributed by atoms with Gasteiger partial charge in [0.25, 0.3) is 0 Å². The van der Waals surface area contributed by atoms with Gasteiger partial charge in [0.1, 0.15) is 0 Å². The van der Waals surface area contributed by atoms with Crippen molar-refractivity contribution >= 4 is 23.0 Å². The lowest BCUT2D eigenvalue weighted by atomic mass is 10.0. The largest absolute Gasteiger partial charge is 0.361 e. The monoisotopic (exact) mass is 277 g/mol. The van der Waals surface area contributed by atoms with E-state index in [2.05, 4.69) is 48.7 Å². The first-order chi connectivity index (χ1) is 9.13. The van der Waals surface area contributed by atoms with Crippen LogP contribution in [0.4, 0.5) is 0 Å². The second-order valence-corrected chi connectivity index (χ2v) is 5.30. The zero-order chi connectivity index (χ0) is 14.1. The molecule has 0 saturated heterocycles. The summed E-state index contributed by atoms with van der Waals surface area (Å²) in [5.74, 6) is 0.554. The third-order valence-electron chi connectivity index (χ3n) is 2.54. The molecule has 1 aromatic carbocycles. The summed E-state index contributed by atoms with van der Waals surface area (Å²) in [5.41, 5.74) is 5.11. The Labute approximate surface area is 121 Å². The molecule has 0 bridgehead atoms. The van der Waals surface area contributed by atoms with Crippen LogP contribution in [0.2, 0.25) is 0 Å². The number of nitrogens with one attached hydrogen (secondary N) is 2. The second kappa shape index (κ2) is 8.64. The van der Waals surface area contributed by atoms with E-state index in [0.717, 1.165) is 30.7 Å². The molecule has 0 aromatic heterocycles. The highest BCUT2D eigenvalue weighted by Gasteiger charge is 2.06. The van der Waals surface area contributed by atoms with Gasteiger partial charge in [0, 0.05) is 6.54 Å². The van der Waals surface area contributed by atoms with Crippen molar-refractivity contribution in [2.45, 2.75) is 33.6 Å². The number of hydrogen-bond donors (Lipinski definition) is 2. The molecule has 104 valence electrons. The number of hydrogen-bond acceptors (Lipinski definition) is 2. The Morgan fingerprint density at radius 3 is 2.53 bits per heavy atom. The van der Waals surface area contributed by atoms with Crippen LogP contribution in [0.1, 0.15) is 39.2 Å². The Bertz CT molecular complexity index is 413.